The number of aromatic amines is 1. The van der Waals surface area contributed by atoms with Gasteiger partial charge in [-0.15, -0.1) is 0 Å². The molecule has 2 N–H and O–H groups in total. The van der Waals surface area contributed by atoms with Gasteiger partial charge in [0.2, 0.25) is 5.91 Å². The maximum absolute atomic E-state index is 12.7. The Morgan fingerprint density at radius 3 is 3.04 bits per heavy atom. The van der Waals surface area contributed by atoms with Gasteiger partial charge in [0, 0.05) is 42.3 Å². The van der Waals surface area contributed by atoms with Crippen LogP contribution in [0, 0.1) is 5.92 Å². The Kier molecular flexibility index (Phi) is 4.65. The molecule has 23 heavy (non-hydrogen) atoms. The van der Waals surface area contributed by atoms with E-state index in [1.807, 2.05) is 42.3 Å². The lowest BCUT2D eigenvalue weighted by Gasteiger charge is -2.32. The Labute approximate surface area is 136 Å². The smallest absolute Gasteiger partial charge is 0.253 e. The van der Waals surface area contributed by atoms with E-state index in [-0.39, 0.29) is 17.7 Å². The normalized spacial score (nSPS) is 18.1. The summed E-state index contributed by atoms with van der Waals surface area (Å²) in [7, 11) is 0. The van der Waals surface area contributed by atoms with Crippen molar-refractivity contribution in [2.45, 2.75) is 26.2 Å². The van der Waals surface area contributed by atoms with Crippen LogP contribution in [0.2, 0.25) is 0 Å². The molecule has 1 aromatic carbocycles. The zero-order chi connectivity index (χ0) is 16.2. The monoisotopic (exact) mass is 313 g/mol. The topological polar surface area (TPSA) is 65.2 Å². The number of piperidine rings is 1. The van der Waals surface area contributed by atoms with Gasteiger partial charge in [0.25, 0.3) is 5.91 Å². The number of H-pyrrole nitrogens is 1. The van der Waals surface area contributed by atoms with Gasteiger partial charge in [0.05, 0.1) is 5.92 Å². The number of aromatic nitrogens is 1. The molecular formula is C18H23N3O2. The highest BCUT2D eigenvalue weighted by Gasteiger charge is 2.28. The van der Waals surface area contributed by atoms with Crippen molar-refractivity contribution in [3.63, 3.8) is 0 Å². The minimum Gasteiger partial charge on any atom is -0.361 e. The lowest BCUT2D eigenvalue weighted by Crippen LogP contribution is -2.45. The molecule has 1 fully saturated rings. The number of carbonyl (C=O) groups is 2. The number of hydrogen-bond donors (Lipinski definition) is 2. The largest absolute Gasteiger partial charge is 0.361 e. The van der Waals surface area contributed by atoms with E-state index in [2.05, 4.69) is 10.3 Å². The van der Waals surface area contributed by atoms with E-state index >= 15 is 0 Å². The molecule has 3 rings (SSSR count). The Morgan fingerprint density at radius 1 is 1.35 bits per heavy atom. The molecule has 2 aromatic rings. The van der Waals surface area contributed by atoms with Crippen molar-refractivity contribution in [3.05, 3.63) is 36.0 Å². The van der Waals surface area contributed by atoms with Crippen LogP contribution in [-0.2, 0) is 4.79 Å². The molecule has 0 saturated carbocycles. The minimum absolute atomic E-state index is 0.0149. The first kappa shape index (κ1) is 15.6. The van der Waals surface area contributed by atoms with Gasteiger partial charge in [0.15, 0.2) is 0 Å². The fraction of sp³-hybridized carbons (Fsp3) is 0.444. The summed E-state index contributed by atoms with van der Waals surface area (Å²) in [6, 6.07) is 7.65. The van der Waals surface area contributed by atoms with Crippen LogP contribution in [0.15, 0.2) is 30.5 Å². The number of rotatable bonds is 4. The molecule has 1 aliphatic rings. The number of nitrogens with one attached hydrogen (secondary N) is 2. The van der Waals surface area contributed by atoms with Gasteiger partial charge in [-0.3, -0.25) is 9.59 Å². The number of benzene rings is 1. The van der Waals surface area contributed by atoms with Crippen LogP contribution in [0.4, 0.5) is 0 Å². The van der Waals surface area contributed by atoms with Crippen molar-refractivity contribution in [2.75, 3.05) is 19.6 Å². The standard InChI is InChI=1S/C18H23N3O2/c1-2-8-20-17(22)15-4-3-10-21(12-15)18(23)14-5-6-16-13(11-14)7-9-19-16/h5-7,9,11,15,19H,2-4,8,10,12H2,1H3,(H,20,22). The molecule has 1 saturated heterocycles. The molecular weight excluding hydrogens is 290 g/mol. The molecule has 1 atom stereocenters. The molecule has 0 spiro atoms. The van der Waals surface area contributed by atoms with Crippen molar-refractivity contribution >= 4 is 22.7 Å². The van der Waals surface area contributed by atoms with Gasteiger partial charge in [0.1, 0.15) is 0 Å². The first-order valence-electron chi connectivity index (χ1n) is 8.33. The summed E-state index contributed by atoms with van der Waals surface area (Å²) >= 11 is 0. The number of nitrogens with zero attached hydrogens (tertiary/aromatic N) is 1. The van der Waals surface area contributed by atoms with Crippen LogP contribution in [0.5, 0.6) is 0 Å². The molecule has 1 unspecified atom stereocenters. The van der Waals surface area contributed by atoms with Crippen molar-refractivity contribution in [1.29, 1.82) is 0 Å². The second-order valence-electron chi connectivity index (χ2n) is 6.16. The molecule has 2 heterocycles. The van der Waals surface area contributed by atoms with Gasteiger partial charge >= 0.3 is 0 Å². The van der Waals surface area contributed by atoms with Crippen molar-refractivity contribution < 1.29 is 9.59 Å². The average Bonchev–Trinajstić information content (AvgIpc) is 3.06. The second kappa shape index (κ2) is 6.86. The minimum atomic E-state index is -0.0877. The van der Waals surface area contributed by atoms with Gasteiger partial charge in [-0.05, 0) is 43.5 Å². The maximum atomic E-state index is 12.7. The summed E-state index contributed by atoms with van der Waals surface area (Å²) in [5.41, 5.74) is 1.71. The van der Waals surface area contributed by atoms with Crippen LogP contribution >= 0.6 is 0 Å². The summed E-state index contributed by atoms with van der Waals surface area (Å²) in [5.74, 6) is 0.00164. The van der Waals surface area contributed by atoms with E-state index in [1.54, 1.807) is 0 Å². The average molecular weight is 313 g/mol. The first-order chi connectivity index (χ1) is 11.2. The third kappa shape index (κ3) is 3.38. The number of amides is 2. The van der Waals surface area contributed by atoms with E-state index in [9.17, 15) is 9.59 Å². The fourth-order valence-electron chi connectivity index (χ4n) is 3.14. The van der Waals surface area contributed by atoms with E-state index in [0.717, 1.165) is 36.7 Å². The van der Waals surface area contributed by atoms with Gasteiger partial charge < -0.3 is 15.2 Å². The van der Waals surface area contributed by atoms with Crippen molar-refractivity contribution in [1.82, 2.24) is 15.2 Å². The number of likely N-dealkylation sites (tertiary alicyclic amines) is 1. The Hall–Kier alpha value is -2.30. The van der Waals surface area contributed by atoms with E-state index < -0.39 is 0 Å². The summed E-state index contributed by atoms with van der Waals surface area (Å²) in [5, 5.41) is 3.97. The van der Waals surface area contributed by atoms with Crippen LogP contribution in [-0.4, -0.2) is 41.3 Å². The highest BCUT2D eigenvalue weighted by Crippen LogP contribution is 2.21. The SMILES string of the molecule is CCCNC(=O)C1CCCN(C(=O)c2ccc3[nH]ccc3c2)C1. The third-order valence-corrected chi connectivity index (χ3v) is 4.43. The molecule has 5 heteroatoms. The molecule has 0 bridgehead atoms. The second-order valence-corrected chi connectivity index (χ2v) is 6.16. The zero-order valence-electron chi connectivity index (χ0n) is 13.5. The predicted molar refractivity (Wildman–Crippen MR) is 90.2 cm³/mol. The molecule has 5 nitrogen and oxygen atoms in total. The highest BCUT2D eigenvalue weighted by atomic mass is 16.2. The molecule has 1 aromatic heterocycles. The van der Waals surface area contributed by atoms with E-state index in [1.165, 1.54) is 0 Å². The maximum Gasteiger partial charge on any atom is 0.253 e. The molecule has 2 amide bonds. The molecule has 122 valence electrons. The Balaban J connectivity index is 1.70. The van der Waals surface area contributed by atoms with Crippen LogP contribution in [0.1, 0.15) is 36.5 Å². The van der Waals surface area contributed by atoms with Gasteiger partial charge in [-0.25, -0.2) is 0 Å². The molecule has 0 aliphatic carbocycles. The van der Waals surface area contributed by atoms with Crippen molar-refractivity contribution in [3.8, 4) is 0 Å². The lowest BCUT2D eigenvalue weighted by molar-refractivity contribution is -0.126. The first-order valence-corrected chi connectivity index (χ1v) is 8.33. The molecule has 0 radical (unpaired) electrons. The Morgan fingerprint density at radius 2 is 2.22 bits per heavy atom. The van der Waals surface area contributed by atoms with Crippen LogP contribution in [0.3, 0.4) is 0 Å². The highest BCUT2D eigenvalue weighted by molar-refractivity contribution is 5.98. The number of hydrogen-bond acceptors (Lipinski definition) is 2. The van der Waals surface area contributed by atoms with Gasteiger partial charge in [-0.2, -0.15) is 0 Å². The molecule has 1 aliphatic heterocycles. The number of carbonyl (C=O) groups excluding carboxylic acids is 2. The predicted octanol–water partition coefficient (Wildman–Crippen LogP) is 2.55. The summed E-state index contributed by atoms with van der Waals surface area (Å²) < 4.78 is 0. The zero-order valence-corrected chi connectivity index (χ0v) is 13.5. The van der Waals surface area contributed by atoms with E-state index in [4.69, 9.17) is 0 Å². The van der Waals surface area contributed by atoms with Gasteiger partial charge in [-0.1, -0.05) is 6.92 Å². The quantitative estimate of drug-likeness (QED) is 0.911. The fourth-order valence-corrected chi connectivity index (χ4v) is 3.14. The summed E-state index contributed by atoms with van der Waals surface area (Å²) in [6.45, 7) is 3.97. The third-order valence-electron chi connectivity index (χ3n) is 4.43. The summed E-state index contributed by atoms with van der Waals surface area (Å²) in [4.78, 5) is 29.8. The van der Waals surface area contributed by atoms with E-state index in [0.29, 0.717) is 18.7 Å². The lowest BCUT2D eigenvalue weighted by atomic mass is 9.96. The number of fused-ring (bicyclic) bond motifs is 1. The van der Waals surface area contributed by atoms with Crippen molar-refractivity contribution in [2.24, 2.45) is 5.92 Å². The Bertz CT molecular complexity index is 707. The summed E-state index contributed by atoms with van der Waals surface area (Å²) in [6.07, 6.45) is 4.53. The van der Waals surface area contributed by atoms with Crippen LogP contribution in [0.25, 0.3) is 10.9 Å². The van der Waals surface area contributed by atoms with Crippen LogP contribution < -0.4 is 5.32 Å².